The van der Waals surface area contributed by atoms with Gasteiger partial charge in [-0.15, -0.1) is 0 Å². The lowest BCUT2D eigenvalue weighted by atomic mass is 9.98. The molecule has 5 atom stereocenters. The van der Waals surface area contributed by atoms with Crippen molar-refractivity contribution in [3.8, 4) is 0 Å². The van der Waals surface area contributed by atoms with E-state index in [4.69, 9.17) is 20.4 Å². The highest BCUT2D eigenvalue weighted by Gasteiger charge is 2.43. The van der Waals surface area contributed by atoms with Gasteiger partial charge in [0.25, 0.3) is 0 Å². The van der Waals surface area contributed by atoms with Gasteiger partial charge in [0.2, 0.25) is 12.2 Å². The predicted octanol–water partition coefficient (Wildman–Crippen LogP) is -3.18. The summed E-state index contributed by atoms with van der Waals surface area (Å²) in [5.74, 6) is -0.461. The van der Waals surface area contributed by atoms with Crippen LogP contribution in [0.1, 0.15) is 6.92 Å². The van der Waals surface area contributed by atoms with Crippen LogP contribution in [0.15, 0.2) is 0 Å². The highest BCUT2D eigenvalue weighted by atomic mass is 16.8. The minimum Gasteiger partial charge on any atom is -0.394 e. The number of carbonyl (C=O) groups is 1. The fourth-order valence-electron chi connectivity index (χ4n) is 1.35. The van der Waals surface area contributed by atoms with Crippen molar-refractivity contribution >= 4 is 5.91 Å². The molecule has 1 aliphatic heterocycles. The molecular weight excluding hydrogens is 220 g/mol. The van der Waals surface area contributed by atoms with E-state index >= 15 is 0 Å². The monoisotopic (exact) mass is 236 g/mol. The third kappa shape index (κ3) is 2.88. The minimum atomic E-state index is -1.30. The molecule has 1 heterocycles. The largest absolute Gasteiger partial charge is 0.394 e. The summed E-state index contributed by atoms with van der Waals surface area (Å²) in [6, 6.07) is -1.02. The molecule has 0 radical (unpaired) electrons. The standard InChI is InChI=1S/C8H16N2O6/c1-3(12)10-16-8-5(9)7(14)6(13)4(2-11)15-8/h4-8,11,13-14H,2,9H2,1H3,(H,10,12)/t4-,5-,6+,7-,8?/m1/s1. The van der Waals surface area contributed by atoms with E-state index in [1.807, 2.05) is 5.48 Å². The molecule has 0 aliphatic carbocycles. The Morgan fingerprint density at radius 3 is 2.62 bits per heavy atom. The first-order valence-electron chi connectivity index (χ1n) is 4.77. The van der Waals surface area contributed by atoms with Crippen molar-refractivity contribution in [2.24, 2.45) is 5.73 Å². The van der Waals surface area contributed by atoms with E-state index in [-0.39, 0.29) is 0 Å². The van der Waals surface area contributed by atoms with Gasteiger partial charge in [-0.05, 0) is 0 Å². The van der Waals surface area contributed by atoms with Crippen LogP contribution in [0, 0.1) is 0 Å². The van der Waals surface area contributed by atoms with E-state index in [0.29, 0.717) is 0 Å². The van der Waals surface area contributed by atoms with Crippen LogP contribution in [-0.2, 0) is 14.4 Å². The molecule has 8 heteroatoms. The van der Waals surface area contributed by atoms with Crippen molar-refractivity contribution in [3.05, 3.63) is 0 Å². The summed E-state index contributed by atoms with van der Waals surface area (Å²) < 4.78 is 5.06. The van der Waals surface area contributed by atoms with E-state index < -0.39 is 43.2 Å². The summed E-state index contributed by atoms with van der Waals surface area (Å²) >= 11 is 0. The fraction of sp³-hybridized carbons (Fsp3) is 0.875. The zero-order valence-corrected chi connectivity index (χ0v) is 8.74. The van der Waals surface area contributed by atoms with Crippen molar-refractivity contribution in [1.82, 2.24) is 5.48 Å². The second-order valence-electron chi connectivity index (χ2n) is 3.56. The molecule has 1 unspecified atom stereocenters. The summed E-state index contributed by atoms with van der Waals surface area (Å²) in [7, 11) is 0. The number of rotatable bonds is 3. The van der Waals surface area contributed by atoms with E-state index in [2.05, 4.69) is 0 Å². The molecule has 0 aromatic carbocycles. The number of nitrogens with two attached hydrogens (primary N) is 1. The molecule has 1 fully saturated rings. The van der Waals surface area contributed by atoms with Gasteiger partial charge in [0.15, 0.2) is 0 Å². The van der Waals surface area contributed by atoms with Gasteiger partial charge < -0.3 is 25.8 Å². The first-order chi connectivity index (χ1) is 7.47. The third-order valence-electron chi connectivity index (χ3n) is 2.25. The SMILES string of the molecule is CC(=O)NOC1O[C@H](CO)[C@H](O)[C@H](O)[C@H]1N. The zero-order valence-electron chi connectivity index (χ0n) is 8.74. The Labute approximate surface area is 91.9 Å². The molecule has 1 aliphatic rings. The van der Waals surface area contributed by atoms with Crippen LogP contribution in [0.5, 0.6) is 0 Å². The Kier molecular flexibility index (Phi) is 4.59. The number of hydrogen-bond donors (Lipinski definition) is 5. The van der Waals surface area contributed by atoms with Gasteiger partial charge in [-0.1, -0.05) is 0 Å². The lowest BCUT2D eigenvalue weighted by molar-refractivity contribution is -0.280. The summed E-state index contributed by atoms with van der Waals surface area (Å²) in [6.07, 6.45) is -4.73. The van der Waals surface area contributed by atoms with E-state index in [1.165, 1.54) is 6.92 Å². The van der Waals surface area contributed by atoms with Crippen molar-refractivity contribution in [2.45, 2.75) is 37.6 Å². The lowest BCUT2D eigenvalue weighted by Crippen LogP contribution is -2.63. The topological polar surface area (TPSA) is 134 Å². The maximum Gasteiger partial charge on any atom is 0.240 e. The molecular formula is C8H16N2O6. The van der Waals surface area contributed by atoms with Gasteiger partial charge in [0.05, 0.1) is 12.6 Å². The average molecular weight is 236 g/mol. The molecule has 1 amide bonds. The number of ether oxygens (including phenoxy) is 1. The van der Waals surface area contributed by atoms with Gasteiger partial charge in [0.1, 0.15) is 18.3 Å². The van der Waals surface area contributed by atoms with Crippen molar-refractivity contribution < 1.29 is 29.7 Å². The number of aliphatic hydroxyl groups excluding tert-OH is 3. The number of hydroxylamine groups is 1. The van der Waals surface area contributed by atoms with Crippen LogP contribution in [0.25, 0.3) is 0 Å². The molecule has 0 aromatic rings. The molecule has 1 rings (SSSR count). The van der Waals surface area contributed by atoms with Gasteiger partial charge in [-0.25, -0.2) is 10.3 Å². The van der Waals surface area contributed by atoms with E-state index in [9.17, 15) is 15.0 Å². The van der Waals surface area contributed by atoms with Crippen molar-refractivity contribution in [1.29, 1.82) is 0 Å². The number of aliphatic hydroxyl groups is 3. The quantitative estimate of drug-likeness (QED) is 0.326. The van der Waals surface area contributed by atoms with Crippen LogP contribution in [0.2, 0.25) is 0 Å². The van der Waals surface area contributed by atoms with E-state index in [0.717, 1.165) is 0 Å². The number of amides is 1. The first-order valence-corrected chi connectivity index (χ1v) is 4.77. The number of hydrogen-bond acceptors (Lipinski definition) is 7. The first kappa shape index (κ1) is 13.3. The van der Waals surface area contributed by atoms with Crippen LogP contribution >= 0.6 is 0 Å². The predicted molar refractivity (Wildman–Crippen MR) is 50.6 cm³/mol. The molecule has 0 aromatic heterocycles. The average Bonchev–Trinajstić information content (AvgIpc) is 2.25. The smallest absolute Gasteiger partial charge is 0.240 e. The molecule has 8 nitrogen and oxygen atoms in total. The van der Waals surface area contributed by atoms with Crippen molar-refractivity contribution in [3.63, 3.8) is 0 Å². The van der Waals surface area contributed by atoms with Crippen LogP contribution in [0.3, 0.4) is 0 Å². The molecule has 0 saturated carbocycles. The molecule has 0 spiro atoms. The molecule has 6 N–H and O–H groups in total. The second kappa shape index (κ2) is 5.53. The summed E-state index contributed by atoms with van der Waals surface area (Å²) in [5.41, 5.74) is 7.53. The normalized spacial score (nSPS) is 39.4. The van der Waals surface area contributed by atoms with Gasteiger partial charge in [-0.2, -0.15) is 0 Å². The Bertz CT molecular complexity index is 249. The highest BCUT2D eigenvalue weighted by molar-refractivity contribution is 5.71. The van der Waals surface area contributed by atoms with Crippen LogP contribution < -0.4 is 11.2 Å². The number of nitrogens with one attached hydrogen (secondary N) is 1. The Morgan fingerprint density at radius 1 is 1.50 bits per heavy atom. The van der Waals surface area contributed by atoms with Gasteiger partial charge in [-0.3, -0.25) is 4.79 Å². The Balaban J connectivity index is 2.60. The molecule has 16 heavy (non-hydrogen) atoms. The fourth-order valence-corrected chi connectivity index (χ4v) is 1.35. The van der Waals surface area contributed by atoms with Crippen LogP contribution in [-0.4, -0.2) is 58.5 Å². The van der Waals surface area contributed by atoms with Gasteiger partial charge >= 0.3 is 0 Å². The zero-order chi connectivity index (χ0) is 12.3. The van der Waals surface area contributed by atoms with Crippen molar-refractivity contribution in [2.75, 3.05) is 6.61 Å². The second-order valence-corrected chi connectivity index (χ2v) is 3.56. The maximum absolute atomic E-state index is 10.6. The summed E-state index contributed by atoms with van der Waals surface area (Å²) in [4.78, 5) is 15.4. The van der Waals surface area contributed by atoms with E-state index in [1.54, 1.807) is 0 Å². The number of carbonyl (C=O) groups excluding carboxylic acids is 1. The Morgan fingerprint density at radius 2 is 2.12 bits per heavy atom. The molecule has 94 valence electrons. The lowest BCUT2D eigenvalue weighted by Gasteiger charge is -2.39. The molecule has 1 saturated heterocycles. The van der Waals surface area contributed by atoms with Gasteiger partial charge in [0, 0.05) is 6.92 Å². The minimum absolute atomic E-state index is 0.461. The summed E-state index contributed by atoms with van der Waals surface area (Å²) in [5, 5.41) is 27.9. The summed E-state index contributed by atoms with van der Waals surface area (Å²) in [6.45, 7) is 0.730. The van der Waals surface area contributed by atoms with Crippen LogP contribution in [0.4, 0.5) is 0 Å². The third-order valence-corrected chi connectivity index (χ3v) is 2.25. The highest BCUT2D eigenvalue weighted by Crippen LogP contribution is 2.19. The maximum atomic E-state index is 10.6. The molecule has 0 bridgehead atoms. The Hall–Kier alpha value is -0.770.